The third-order valence-electron chi connectivity index (χ3n) is 8.51. The van der Waals surface area contributed by atoms with Gasteiger partial charge in [-0.1, -0.05) is 47.8 Å². The van der Waals surface area contributed by atoms with Gasteiger partial charge in [-0.15, -0.1) is 0 Å². The maximum Gasteiger partial charge on any atom is 0.273 e. The fourth-order valence-electron chi connectivity index (χ4n) is 5.88. The zero-order valence-corrected chi connectivity index (χ0v) is 28.4. The predicted octanol–water partition coefficient (Wildman–Crippen LogP) is 4.78. The molecule has 2 aliphatic rings. The van der Waals surface area contributed by atoms with Gasteiger partial charge in [-0.2, -0.15) is 4.31 Å². The molecule has 10 nitrogen and oxygen atoms in total. The van der Waals surface area contributed by atoms with E-state index in [1.165, 1.54) is 86.9 Å². The Morgan fingerprint density at radius 3 is 2.04 bits per heavy atom. The summed E-state index contributed by atoms with van der Waals surface area (Å²) in [4.78, 5) is 45.8. The van der Waals surface area contributed by atoms with Crippen LogP contribution in [0.1, 0.15) is 46.4 Å². The summed E-state index contributed by atoms with van der Waals surface area (Å²) in [7, 11) is -4.43. The molecule has 0 aliphatic carbocycles. The van der Waals surface area contributed by atoms with Crippen molar-refractivity contribution < 1.29 is 22.8 Å². The van der Waals surface area contributed by atoms with Crippen LogP contribution in [0, 0.1) is 0 Å². The summed E-state index contributed by atoms with van der Waals surface area (Å²) in [6.07, 6.45) is 5.05. The molecule has 47 heavy (non-hydrogen) atoms. The topological polar surface area (TPSA) is 110 Å². The Kier molecular flexibility index (Phi) is 11.9. The van der Waals surface area contributed by atoms with Crippen LogP contribution in [0.5, 0.6) is 0 Å². The van der Waals surface area contributed by atoms with Crippen LogP contribution < -0.4 is 9.62 Å². The number of hydrogen-bond donors (Lipinski definition) is 1. The second-order valence-electron chi connectivity index (χ2n) is 11.7. The van der Waals surface area contributed by atoms with Gasteiger partial charge in [-0.25, -0.2) is 8.42 Å². The quantitative estimate of drug-likeness (QED) is 0.307. The number of para-hydroxylation sites is 1. The van der Waals surface area contributed by atoms with Crippen LogP contribution in [0.15, 0.2) is 77.7 Å². The van der Waals surface area contributed by atoms with E-state index >= 15 is 0 Å². The van der Waals surface area contributed by atoms with Gasteiger partial charge in [-0.05, 0) is 100 Å². The highest BCUT2D eigenvalue weighted by atomic mass is 35.5. The first kappa shape index (κ1) is 34.8. The largest absolute Gasteiger partial charge is 0.343 e. The van der Waals surface area contributed by atoms with Gasteiger partial charge in [-0.3, -0.25) is 19.3 Å². The van der Waals surface area contributed by atoms with Crippen molar-refractivity contribution in [3.8, 4) is 0 Å². The second-order valence-corrected chi connectivity index (χ2v) is 14.3. The molecule has 250 valence electrons. The Hall–Kier alpha value is -3.48. The lowest BCUT2D eigenvalue weighted by Crippen LogP contribution is -2.51. The first-order valence-corrected chi connectivity index (χ1v) is 18.0. The van der Waals surface area contributed by atoms with Gasteiger partial charge in [0.1, 0.15) is 0 Å². The molecule has 2 aliphatic heterocycles. The summed E-state index contributed by atoms with van der Waals surface area (Å²) in [6.45, 7) is 7.23. The lowest BCUT2D eigenvalue weighted by atomic mass is 10.1. The Labute approximate surface area is 286 Å². The smallest absolute Gasteiger partial charge is 0.273 e. The molecule has 0 spiro atoms. The van der Waals surface area contributed by atoms with Gasteiger partial charge in [0.15, 0.2) is 0 Å². The molecule has 5 rings (SSSR count). The number of likely N-dealkylation sites (tertiary alicyclic amines) is 1. The van der Waals surface area contributed by atoms with Crippen LogP contribution in [0.2, 0.25) is 10.0 Å². The molecular formula is C34H39Cl2N5O5S. The molecule has 1 N–H and O–H groups in total. The molecule has 2 heterocycles. The fraction of sp³-hybridized carbons (Fsp3) is 0.382. The molecule has 0 saturated carbocycles. The minimum Gasteiger partial charge on any atom is -0.343 e. The minimum absolute atomic E-state index is 0.00491. The number of carbonyl (C=O) groups excluding carboxylic acids is 3. The zero-order valence-electron chi connectivity index (χ0n) is 26.1. The van der Waals surface area contributed by atoms with Crippen molar-refractivity contribution in [3.63, 3.8) is 0 Å². The van der Waals surface area contributed by atoms with E-state index in [1.54, 1.807) is 23.1 Å². The van der Waals surface area contributed by atoms with E-state index < -0.39 is 21.8 Å². The Morgan fingerprint density at radius 1 is 0.766 bits per heavy atom. The normalized spacial score (nSPS) is 16.1. The molecule has 3 aromatic carbocycles. The number of hydrogen-bond acceptors (Lipinski definition) is 7. The van der Waals surface area contributed by atoms with E-state index in [1.807, 2.05) is 0 Å². The van der Waals surface area contributed by atoms with Gasteiger partial charge >= 0.3 is 0 Å². The SMILES string of the molecule is O=C(NCC(=O)N1CCN(CCCN2CCCCC2)CC1)c1ccc(S(=O)(=O)N(C(=O)c2ccc(Cl)cc2Cl)c2ccccc2)cc1. The number of carbonyl (C=O) groups is 3. The first-order valence-electron chi connectivity index (χ1n) is 15.8. The number of amides is 3. The van der Waals surface area contributed by atoms with Crippen molar-refractivity contribution in [2.75, 3.05) is 63.2 Å². The van der Waals surface area contributed by atoms with Gasteiger partial charge < -0.3 is 15.1 Å². The summed E-state index contributed by atoms with van der Waals surface area (Å²) in [5.41, 5.74) is 0.245. The highest BCUT2D eigenvalue weighted by Gasteiger charge is 2.33. The monoisotopic (exact) mass is 699 g/mol. The Bertz CT molecular complexity index is 1660. The van der Waals surface area contributed by atoms with Crippen molar-refractivity contribution in [1.82, 2.24) is 20.0 Å². The number of piperidine rings is 1. The molecule has 2 fully saturated rings. The van der Waals surface area contributed by atoms with Crippen LogP contribution in [0.4, 0.5) is 5.69 Å². The molecule has 3 aromatic rings. The highest BCUT2D eigenvalue weighted by Crippen LogP contribution is 2.29. The van der Waals surface area contributed by atoms with Crippen molar-refractivity contribution >= 4 is 56.6 Å². The summed E-state index contributed by atoms with van der Waals surface area (Å²) >= 11 is 12.2. The lowest BCUT2D eigenvalue weighted by Gasteiger charge is -2.35. The molecule has 0 atom stereocenters. The number of nitrogens with one attached hydrogen (secondary N) is 1. The van der Waals surface area contributed by atoms with E-state index in [9.17, 15) is 22.8 Å². The average molecular weight is 701 g/mol. The van der Waals surface area contributed by atoms with Crippen LogP contribution in [0.3, 0.4) is 0 Å². The predicted molar refractivity (Wildman–Crippen MR) is 184 cm³/mol. The second kappa shape index (κ2) is 16.1. The van der Waals surface area contributed by atoms with E-state index in [0.717, 1.165) is 32.6 Å². The van der Waals surface area contributed by atoms with Crippen molar-refractivity contribution in [2.24, 2.45) is 0 Å². The number of piperazine rings is 1. The standard InChI is InChI=1S/C34H39Cl2N5O5S/c35-27-12-15-30(31(36)24-27)34(44)41(28-8-3-1-4-9-28)47(45,46)29-13-10-26(11-14-29)33(43)37-25-32(42)40-22-20-39(21-23-40)19-7-18-38-16-5-2-6-17-38/h1,3-4,8-15,24H,2,5-7,16-23,25H2,(H,37,43). The molecule has 3 amide bonds. The Morgan fingerprint density at radius 2 is 1.40 bits per heavy atom. The van der Waals surface area contributed by atoms with Gasteiger partial charge in [0.05, 0.1) is 27.7 Å². The van der Waals surface area contributed by atoms with E-state index in [4.69, 9.17) is 23.2 Å². The van der Waals surface area contributed by atoms with E-state index in [-0.39, 0.29) is 39.2 Å². The molecule has 0 unspecified atom stereocenters. The van der Waals surface area contributed by atoms with E-state index in [2.05, 4.69) is 15.1 Å². The van der Waals surface area contributed by atoms with Crippen molar-refractivity contribution in [3.05, 3.63) is 94.0 Å². The fourth-order valence-corrected chi connectivity index (χ4v) is 7.77. The molecule has 0 radical (unpaired) electrons. The average Bonchev–Trinajstić information content (AvgIpc) is 3.08. The third-order valence-corrected chi connectivity index (χ3v) is 10.8. The van der Waals surface area contributed by atoms with Crippen LogP contribution in [0.25, 0.3) is 0 Å². The highest BCUT2D eigenvalue weighted by molar-refractivity contribution is 7.93. The van der Waals surface area contributed by atoms with Crippen LogP contribution >= 0.6 is 23.2 Å². The maximum atomic E-state index is 13.8. The summed E-state index contributed by atoms with van der Waals surface area (Å²) in [6, 6.07) is 17.3. The number of nitrogens with zero attached hydrogens (tertiary/aromatic N) is 4. The summed E-state index contributed by atoms with van der Waals surface area (Å²) < 4.78 is 28.3. The van der Waals surface area contributed by atoms with Gasteiger partial charge in [0, 0.05) is 36.8 Å². The Balaban J connectivity index is 1.16. The summed E-state index contributed by atoms with van der Waals surface area (Å²) in [5.74, 6) is -1.54. The summed E-state index contributed by atoms with van der Waals surface area (Å²) in [5, 5.41) is 2.95. The lowest BCUT2D eigenvalue weighted by molar-refractivity contribution is -0.131. The third kappa shape index (κ3) is 8.91. The molecule has 0 aromatic heterocycles. The molecular weight excluding hydrogens is 661 g/mol. The number of sulfonamides is 1. The minimum atomic E-state index is -4.43. The molecule has 2 saturated heterocycles. The van der Waals surface area contributed by atoms with Crippen LogP contribution in [-0.2, 0) is 14.8 Å². The van der Waals surface area contributed by atoms with E-state index in [0.29, 0.717) is 22.4 Å². The van der Waals surface area contributed by atoms with Crippen LogP contribution in [-0.4, -0.2) is 99.7 Å². The maximum absolute atomic E-state index is 13.8. The number of benzene rings is 3. The van der Waals surface area contributed by atoms with Crippen molar-refractivity contribution in [2.45, 2.75) is 30.6 Å². The number of halogens is 2. The first-order chi connectivity index (χ1) is 22.6. The molecule has 0 bridgehead atoms. The zero-order chi connectivity index (χ0) is 33.4. The number of rotatable bonds is 11. The molecule has 13 heteroatoms. The number of anilines is 1. The van der Waals surface area contributed by atoms with Crippen molar-refractivity contribution in [1.29, 1.82) is 0 Å². The van der Waals surface area contributed by atoms with Gasteiger partial charge in [0.25, 0.3) is 21.8 Å². The van der Waals surface area contributed by atoms with Gasteiger partial charge in [0.2, 0.25) is 5.91 Å².